The number of aliphatic carboxylic acids is 1. The largest absolute Gasteiger partial charge is 0.550 e. The molecule has 5 nitrogen and oxygen atoms in total. The minimum Gasteiger partial charge on any atom is -0.550 e. The number of aliphatic imine (C=N–C) groups is 1. The van der Waals surface area contributed by atoms with E-state index in [1.807, 2.05) is 0 Å². The number of rotatable bonds is 3. The third-order valence-corrected chi connectivity index (χ3v) is 1.67. The molecule has 1 heterocycles. The van der Waals surface area contributed by atoms with Gasteiger partial charge in [-0.25, -0.2) is 0 Å². The number of likely N-dealkylation sites (N-methyl/N-ethyl adjacent to an activating group) is 1. The molecule has 0 aromatic heterocycles. The van der Waals surface area contributed by atoms with Crippen LogP contribution in [0.4, 0.5) is 0 Å². The number of carbonyl (C=O) groups excluding carboxylic acids is 2. The van der Waals surface area contributed by atoms with Gasteiger partial charge in [-0.3, -0.25) is 9.79 Å². The second-order valence-electron chi connectivity index (χ2n) is 2.64. The number of hydrogen-bond acceptors (Lipinski definition) is 4. The first-order valence-electron chi connectivity index (χ1n) is 3.61. The van der Waals surface area contributed by atoms with E-state index in [2.05, 4.69) is 4.99 Å². The van der Waals surface area contributed by atoms with Crippen LogP contribution in [0.15, 0.2) is 4.99 Å². The van der Waals surface area contributed by atoms with Crippen LogP contribution < -0.4 is 5.11 Å². The van der Waals surface area contributed by atoms with Crippen LogP contribution in [0.1, 0.15) is 12.8 Å². The highest BCUT2D eigenvalue weighted by atomic mass is 16.4. The first-order chi connectivity index (χ1) is 5.61. The monoisotopic (exact) mass is 169 g/mol. The molecule has 0 aliphatic carbocycles. The fourth-order valence-electron chi connectivity index (χ4n) is 0.989. The van der Waals surface area contributed by atoms with Crippen LogP contribution in [0.5, 0.6) is 0 Å². The van der Waals surface area contributed by atoms with Crippen LogP contribution in [-0.2, 0) is 9.59 Å². The Morgan fingerprint density at radius 1 is 1.83 bits per heavy atom. The highest BCUT2D eigenvalue weighted by Crippen LogP contribution is 2.09. The first-order valence-corrected chi connectivity index (χ1v) is 3.61. The summed E-state index contributed by atoms with van der Waals surface area (Å²) < 4.78 is 0. The van der Waals surface area contributed by atoms with Gasteiger partial charge in [-0.2, -0.15) is 0 Å². The van der Waals surface area contributed by atoms with Gasteiger partial charge in [0.25, 0.3) is 5.91 Å². The summed E-state index contributed by atoms with van der Waals surface area (Å²) >= 11 is 0. The third kappa shape index (κ3) is 1.81. The zero-order chi connectivity index (χ0) is 9.14. The molecule has 5 heteroatoms. The number of carboxylic acid groups (broad SMARTS) is 1. The Morgan fingerprint density at radius 2 is 2.50 bits per heavy atom. The maximum absolute atomic E-state index is 11.1. The van der Waals surface area contributed by atoms with E-state index in [0.29, 0.717) is 0 Å². The molecule has 1 amide bonds. The summed E-state index contributed by atoms with van der Waals surface area (Å²) in [7, 11) is 1.59. The van der Waals surface area contributed by atoms with Gasteiger partial charge in [0.15, 0.2) is 0 Å². The number of amides is 1. The topological polar surface area (TPSA) is 72.8 Å². The van der Waals surface area contributed by atoms with Gasteiger partial charge >= 0.3 is 0 Å². The zero-order valence-electron chi connectivity index (χ0n) is 6.69. The normalized spacial score (nSPS) is 21.9. The molecule has 12 heavy (non-hydrogen) atoms. The van der Waals surface area contributed by atoms with Crippen molar-refractivity contribution in [2.24, 2.45) is 4.99 Å². The van der Waals surface area contributed by atoms with Crippen molar-refractivity contribution in [3.63, 3.8) is 0 Å². The highest BCUT2D eigenvalue weighted by molar-refractivity contribution is 5.96. The standard InChI is InChI=1S/C7H10N2O3/c1-9-4-8-5(7(9)12)2-3-6(10)11/h4-5H,2-3H2,1H3,(H,10,11)/p-1. The maximum Gasteiger partial charge on any atom is 0.252 e. The van der Waals surface area contributed by atoms with E-state index in [9.17, 15) is 14.7 Å². The van der Waals surface area contributed by atoms with Gasteiger partial charge in [-0.15, -0.1) is 0 Å². The predicted molar refractivity (Wildman–Crippen MR) is 39.3 cm³/mol. The zero-order valence-corrected chi connectivity index (χ0v) is 6.69. The maximum atomic E-state index is 11.1. The van der Waals surface area contributed by atoms with E-state index in [1.165, 1.54) is 11.2 Å². The molecule has 1 aliphatic rings. The average Bonchev–Trinajstić information content (AvgIpc) is 2.30. The van der Waals surface area contributed by atoms with Gasteiger partial charge in [0.1, 0.15) is 6.04 Å². The lowest BCUT2D eigenvalue weighted by Crippen LogP contribution is -2.29. The lowest BCUT2D eigenvalue weighted by atomic mass is 10.1. The Hall–Kier alpha value is -1.39. The summed E-state index contributed by atoms with van der Waals surface area (Å²) in [6, 6.07) is -0.520. The van der Waals surface area contributed by atoms with Crippen LogP contribution in [-0.4, -0.2) is 36.2 Å². The summed E-state index contributed by atoms with van der Waals surface area (Å²) in [6.07, 6.45) is 1.51. The van der Waals surface area contributed by atoms with Crippen LogP contribution in [0.25, 0.3) is 0 Å². The molecule has 0 spiro atoms. The summed E-state index contributed by atoms with van der Waals surface area (Å²) in [5, 5.41) is 10.1. The molecule has 0 aromatic rings. The van der Waals surface area contributed by atoms with E-state index in [-0.39, 0.29) is 18.7 Å². The van der Waals surface area contributed by atoms with Crippen molar-refractivity contribution in [2.45, 2.75) is 18.9 Å². The predicted octanol–water partition coefficient (Wildman–Crippen LogP) is -1.61. The average molecular weight is 169 g/mol. The molecular weight excluding hydrogens is 160 g/mol. The number of hydrogen-bond donors (Lipinski definition) is 0. The molecule has 0 radical (unpaired) electrons. The summed E-state index contributed by atoms with van der Waals surface area (Å²) in [5.41, 5.74) is 0. The fourth-order valence-corrected chi connectivity index (χ4v) is 0.989. The van der Waals surface area contributed by atoms with Crippen LogP contribution in [0, 0.1) is 0 Å². The van der Waals surface area contributed by atoms with Gasteiger partial charge in [-0.05, 0) is 12.8 Å². The summed E-state index contributed by atoms with van der Waals surface area (Å²) in [6.45, 7) is 0. The van der Waals surface area contributed by atoms with Crippen molar-refractivity contribution in [3.05, 3.63) is 0 Å². The Morgan fingerprint density at radius 3 is 2.92 bits per heavy atom. The van der Waals surface area contributed by atoms with Crippen molar-refractivity contribution >= 4 is 18.2 Å². The Balaban J connectivity index is 2.40. The van der Waals surface area contributed by atoms with Crippen molar-refractivity contribution in [1.29, 1.82) is 0 Å². The van der Waals surface area contributed by atoms with Gasteiger partial charge in [0.2, 0.25) is 0 Å². The van der Waals surface area contributed by atoms with Gasteiger partial charge in [0.05, 0.1) is 6.34 Å². The fraction of sp³-hybridized carbons (Fsp3) is 0.571. The molecule has 66 valence electrons. The Bertz CT molecular complexity index is 237. The smallest absolute Gasteiger partial charge is 0.252 e. The third-order valence-electron chi connectivity index (χ3n) is 1.67. The van der Waals surface area contributed by atoms with E-state index in [0.717, 1.165) is 0 Å². The molecule has 1 aliphatic heterocycles. The van der Waals surface area contributed by atoms with Gasteiger partial charge in [-0.1, -0.05) is 0 Å². The van der Waals surface area contributed by atoms with Crippen LogP contribution in [0.2, 0.25) is 0 Å². The molecule has 0 saturated carbocycles. The molecule has 1 unspecified atom stereocenters. The molecule has 0 aromatic carbocycles. The van der Waals surface area contributed by atoms with E-state index in [4.69, 9.17) is 0 Å². The minimum atomic E-state index is -1.15. The molecule has 0 N–H and O–H groups in total. The Kier molecular flexibility index (Phi) is 2.42. The van der Waals surface area contributed by atoms with Gasteiger partial charge in [0, 0.05) is 13.0 Å². The summed E-state index contributed by atoms with van der Waals surface area (Å²) in [4.78, 5) is 26.3. The van der Waals surface area contributed by atoms with Crippen molar-refractivity contribution in [2.75, 3.05) is 7.05 Å². The quantitative estimate of drug-likeness (QED) is 0.510. The number of carbonyl (C=O) groups is 2. The molecular formula is C7H9N2O3-. The van der Waals surface area contributed by atoms with Crippen molar-refractivity contribution in [3.8, 4) is 0 Å². The van der Waals surface area contributed by atoms with Crippen molar-refractivity contribution < 1.29 is 14.7 Å². The second kappa shape index (κ2) is 3.34. The minimum absolute atomic E-state index is 0.123. The lowest BCUT2D eigenvalue weighted by Gasteiger charge is -2.08. The van der Waals surface area contributed by atoms with E-state index in [1.54, 1.807) is 7.05 Å². The van der Waals surface area contributed by atoms with Crippen LogP contribution >= 0.6 is 0 Å². The van der Waals surface area contributed by atoms with Gasteiger partial charge < -0.3 is 14.8 Å². The molecule has 0 fully saturated rings. The second-order valence-corrected chi connectivity index (χ2v) is 2.64. The van der Waals surface area contributed by atoms with Crippen LogP contribution in [0.3, 0.4) is 0 Å². The molecule has 1 atom stereocenters. The Labute approximate surface area is 69.7 Å². The first kappa shape index (κ1) is 8.70. The highest BCUT2D eigenvalue weighted by Gasteiger charge is 2.24. The number of nitrogens with zero attached hydrogens (tertiary/aromatic N) is 2. The SMILES string of the molecule is CN1C=NC(CCC(=O)[O-])C1=O. The molecule has 1 rings (SSSR count). The van der Waals surface area contributed by atoms with E-state index < -0.39 is 12.0 Å². The molecule has 0 saturated heterocycles. The van der Waals surface area contributed by atoms with E-state index >= 15 is 0 Å². The summed E-state index contributed by atoms with van der Waals surface area (Å²) in [5.74, 6) is -1.30. The van der Waals surface area contributed by atoms with Crippen molar-refractivity contribution in [1.82, 2.24) is 4.90 Å². The lowest BCUT2D eigenvalue weighted by molar-refractivity contribution is -0.305. The number of carboxylic acids is 1. The molecule has 0 bridgehead atoms.